The molecule has 0 saturated carbocycles. The first-order chi connectivity index (χ1) is 9.59. The average molecular weight is 288 g/mol. The molecule has 2 rings (SSSR count). The van der Waals surface area contributed by atoms with E-state index in [2.05, 4.69) is 4.98 Å². The lowest BCUT2D eigenvalue weighted by Crippen LogP contribution is -2.15. The topological polar surface area (TPSA) is 106 Å². The van der Waals surface area contributed by atoms with Gasteiger partial charge in [-0.3, -0.25) is 20.5 Å². The van der Waals surface area contributed by atoms with Gasteiger partial charge in [0.1, 0.15) is 11.5 Å². The number of para-hydroxylation sites is 1. The zero-order valence-corrected chi connectivity index (χ0v) is 11.3. The summed E-state index contributed by atoms with van der Waals surface area (Å²) in [6.07, 6.45) is 1.57. The number of hydrogen-bond donors (Lipinski definition) is 2. The Bertz CT molecular complexity index is 603. The fraction of sp³-hybridized carbons (Fsp3) is 0.0769. The van der Waals surface area contributed by atoms with Crippen LogP contribution < -0.4 is 5.73 Å². The Labute approximate surface area is 119 Å². The minimum absolute atomic E-state index is 0.0748. The number of nitrogens with two attached hydrogens (primary N) is 1. The van der Waals surface area contributed by atoms with Crippen molar-refractivity contribution in [2.24, 2.45) is 5.73 Å². The number of amidine groups is 1. The third-order valence-electron chi connectivity index (χ3n) is 2.59. The number of nitro groups is 1. The largest absolute Gasteiger partial charge is 0.382 e. The van der Waals surface area contributed by atoms with E-state index >= 15 is 0 Å². The van der Waals surface area contributed by atoms with Crippen LogP contribution in [0.1, 0.15) is 11.3 Å². The van der Waals surface area contributed by atoms with Crippen molar-refractivity contribution >= 4 is 23.3 Å². The van der Waals surface area contributed by atoms with E-state index < -0.39 is 4.92 Å². The number of nitrogens with zero attached hydrogens (tertiary/aromatic N) is 2. The molecular formula is C13H12N4O2S. The summed E-state index contributed by atoms with van der Waals surface area (Å²) in [7, 11) is 0. The molecule has 102 valence electrons. The Morgan fingerprint density at radius 2 is 2.10 bits per heavy atom. The molecule has 0 saturated heterocycles. The van der Waals surface area contributed by atoms with Crippen LogP contribution >= 0.6 is 11.8 Å². The molecule has 0 aliphatic carbocycles. The highest BCUT2D eigenvalue weighted by atomic mass is 32.2. The Morgan fingerprint density at radius 1 is 1.35 bits per heavy atom. The average Bonchev–Trinajstić information content (AvgIpc) is 2.45. The lowest BCUT2D eigenvalue weighted by atomic mass is 10.2. The second-order valence-corrected chi connectivity index (χ2v) is 4.96. The summed E-state index contributed by atoms with van der Waals surface area (Å²) in [6.45, 7) is 0. The third kappa shape index (κ3) is 3.12. The molecule has 20 heavy (non-hydrogen) atoms. The molecule has 2 aromatic rings. The van der Waals surface area contributed by atoms with Crippen molar-refractivity contribution in [3.8, 4) is 0 Å². The second-order valence-electron chi connectivity index (χ2n) is 3.94. The number of benzene rings is 1. The Hall–Kier alpha value is -2.41. The maximum atomic E-state index is 10.9. The van der Waals surface area contributed by atoms with E-state index in [0.717, 1.165) is 5.56 Å². The first kappa shape index (κ1) is 14.0. The SMILES string of the molecule is N=C(N)c1ncccc1CSc1ccccc1[N+](=O)[O-]. The molecule has 0 amide bonds. The van der Waals surface area contributed by atoms with Gasteiger partial charge in [-0.25, -0.2) is 0 Å². The zero-order chi connectivity index (χ0) is 14.5. The van der Waals surface area contributed by atoms with Gasteiger partial charge < -0.3 is 5.73 Å². The van der Waals surface area contributed by atoms with E-state index in [1.54, 1.807) is 30.5 Å². The fourth-order valence-electron chi connectivity index (χ4n) is 1.68. The smallest absolute Gasteiger partial charge is 0.282 e. The zero-order valence-electron chi connectivity index (χ0n) is 10.4. The summed E-state index contributed by atoms with van der Waals surface area (Å²) in [6, 6.07) is 10.1. The van der Waals surface area contributed by atoms with Crippen molar-refractivity contribution in [2.45, 2.75) is 10.6 Å². The number of pyridine rings is 1. The van der Waals surface area contributed by atoms with Crippen LogP contribution in [0.2, 0.25) is 0 Å². The molecule has 0 fully saturated rings. The van der Waals surface area contributed by atoms with Gasteiger partial charge in [0, 0.05) is 18.0 Å². The molecular weight excluding hydrogens is 276 g/mol. The number of nitro benzene ring substituents is 1. The van der Waals surface area contributed by atoms with Crippen LogP contribution in [0.3, 0.4) is 0 Å². The van der Waals surface area contributed by atoms with E-state index in [0.29, 0.717) is 16.3 Å². The third-order valence-corrected chi connectivity index (χ3v) is 3.70. The van der Waals surface area contributed by atoms with Crippen molar-refractivity contribution in [3.63, 3.8) is 0 Å². The Morgan fingerprint density at radius 3 is 2.80 bits per heavy atom. The van der Waals surface area contributed by atoms with Crippen LogP contribution in [0, 0.1) is 15.5 Å². The number of aromatic nitrogens is 1. The van der Waals surface area contributed by atoms with Gasteiger partial charge in [0.25, 0.3) is 5.69 Å². The highest BCUT2D eigenvalue weighted by molar-refractivity contribution is 7.98. The molecule has 0 aliphatic heterocycles. The summed E-state index contributed by atoms with van der Waals surface area (Å²) in [5.41, 5.74) is 6.74. The van der Waals surface area contributed by atoms with Gasteiger partial charge in [-0.15, -0.1) is 11.8 Å². The normalized spacial score (nSPS) is 10.2. The number of nitrogen functional groups attached to an aromatic ring is 1. The van der Waals surface area contributed by atoms with Gasteiger partial charge in [0.15, 0.2) is 0 Å². The maximum absolute atomic E-state index is 10.9. The molecule has 1 aromatic heterocycles. The van der Waals surface area contributed by atoms with Crippen LogP contribution in [-0.4, -0.2) is 15.7 Å². The quantitative estimate of drug-likeness (QED) is 0.289. The molecule has 0 unspecified atom stereocenters. The van der Waals surface area contributed by atoms with Crippen molar-refractivity contribution in [3.05, 3.63) is 64.0 Å². The summed E-state index contributed by atoms with van der Waals surface area (Å²) < 4.78 is 0. The number of thioether (sulfide) groups is 1. The van der Waals surface area contributed by atoms with Crippen molar-refractivity contribution in [1.82, 2.24) is 4.98 Å². The lowest BCUT2D eigenvalue weighted by Gasteiger charge is -2.07. The highest BCUT2D eigenvalue weighted by Crippen LogP contribution is 2.31. The predicted octanol–water partition coefficient (Wildman–Crippen LogP) is 2.57. The van der Waals surface area contributed by atoms with E-state index in [4.69, 9.17) is 11.1 Å². The first-order valence-corrected chi connectivity index (χ1v) is 6.72. The van der Waals surface area contributed by atoms with E-state index in [9.17, 15) is 10.1 Å². The minimum atomic E-state index is -0.405. The number of rotatable bonds is 5. The predicted molar refractivity (Wildman–Crippen MR) is 77.9 cm³/mol. The summed E-state index contributed by atoms with van der Waals surface area (Å²) in [4.78, 5) is 15.2. The molecule has 0 bridgehead atoms. The van der Waals surface area contributed by atoms with Gasteiger partial charge in [-0.1, -0.05) is 18.2 Å². The van der Waals surface area contributed by atoms with Gasteiger partial charge in [-0.2, -0.15) is 0 Å². The molecule has 6 nitrogen and oxygen atoms in total. The molecule has 0 aliphatic rings. The Balaban J connectivity index is 2.22. The lowest BCUT2D eigenvalue weighted by molar-refractivity contribution is -0.387. The van der Waals surface area contributed by atoms with Crippen LogP contribution in [0.4, 0.5) is 5.69 Å². The second kappa shape index (κ2) is 6.16. The van der Waals surface area contributed by atoms with E-state index in [1.807, 2.05) is 6.07 Å². The minimum Gasteiger partial charge on any atom is -0.382 e. The Kier molecular flexibility index (Phi) is 4.31. The van der Waals surface area contributed by atoms with Crippen molar-refractivity contribution in [1.29, 1.82) is 5.41 Å². The summed E-state index contributed by atoms with van der Waals surface area (Å²) in [5.74, 6) is 0.358. The van der Waals surface area contributed by atoms with Crippen LogP contribution in [0.15, 0.2) is 47.5 Å². The van der Waals surface area contributed by atoms with Gasteiger partial charge in [-0.05, 0) is 17.7 Å². The van der Waals surface area contributed by atoms with Crippen LogP contribution in [-0.2, 0) is 5.75 Å². The molecule has 1 aromatic carbocycles. The summed E-state index contributed by atoms with van der Waals surface area (Å²) >= 11 is 1.33. The standard InChI is InChI=1S/C13H12N4O2S/c14-13(15)12-9(4-3-7-16-12)8-20-11-6-2-1-5-10(11)17(18)19/h1-7H,8H2,(H3,14,15). The van der Waals surface area contributed by atoms with Crippen molar-refractivity contribution in [2.75, 3.05) is 0 Å². The van der Waals surface area contributed by atoms with Crippen molar-refractivity contribution < 1.29 is 4.92 Å². The summed E-state index contributed by atoms with van der Waals surface area (Å²) in [5, 5.41) is 18.4. The van der Waals surface area contributed by atoms with Gasteiger partial charge in [0.2, 0.25) is 0 Å². The highest BCUT2D eigenvalue weighted by Gasteiger charge is 2.14. The molecule has 0 radical (unpaired) electrons. The maximum Gasteiger partial charge on any atom is 0.282 e. The molecule has 0 spiro atoms. The molecule has 1 heterocycles. The van der Waals surface area contributed by atoms with E-state index in [1.165, 1.54) is 17.8 Å². The molecule has 0 atom stereocenters. The van der Waals surface area contributed by atoms with Gasteiger partial charge in [0.05, 0.1) is 9.82 Å². The first-order valence-electron chi connectivity index (χ1n) is 5.74. The number of nitrogens with one attached hydrogen (secondary N) is 1. The monoisotopic (exact) mass is 288 g/mol. The van der Waals surface area contributed by atoms with Gasteiger partial charge >= 0.3 is 0 Å². The molecule has 7 heteroatoms. The number of hydrogen-bond acceptors (Lipinski definition) is 5. The van der Waals surface area contributed by atoms with E-state index in [-0.39, 0.29) is 11.5 Å². The molecule has 3 N–H and O–H groups in total. The van der Waals surface area contributed by atoms with Crippen LogP contribution in [0.5, 0.6) is 0 Å². The fourth-order valence-corrected chi connectivity index (χ4v) is 2.69. The van der Waals surface area contributed by atoms with Crippen LogP contribution in [0.25, 0.3) is 0 Å².